The van der Waals surface area contributed by atoms with E-state index >= 15 is 0 Å². The Hall–Kier alpha value is -0.640. The number of nitrogens with zero attached hydrogens (tertiary/aromatic N) is 2. The minimum atomic E-state index is -3.88. The number of sulfone groups is 1. The molecule has 0 amide bonds. The summed E-state index contributed by atoms with van der Waals surface area (Å²) in [5, 5.41) is -0.292. The number of aromatic nitrogens is 2. The van der Waals surface area contributed by atoms with E-state index in [1.54, 1.807) is 7.05 Å². The van der Waals surface area contributed by atoms with Gasteiger partial charge >= 0.3 is 0 Å². The van der Waals surface area contributed by atoms with E-state index in [2.05, 4.69) is 9.71 Å². The molecule has 10 heteroatoms. The lowest BCUT2D eigenvalue weighted by atomic mass is 10.3. The highest BCUT2D eigenvalue weighted by atomic mass is 35.5. The minimum Gasteiger partial charge on any atom is -0.324 e. The van der Waals surface area contributed by atoms with Crippen molar-refractivity contribution in [3.63, 3.8) is 0 Å². The molecule has 1 aromatic rings. The fourth-order valence-electron chi connectivity index (χ4n) is 1.74. The van der Waals surface area contributed by atoms with Crippen LogP contribution in [0.5, 0.6) is 0 Å². The van der Waals surface area contributed by atoms with Crippen LogP contribution in [0.25, 0.3) is 0 Å². The zero-order valence-corrected chi connectivity index (χ0v) is 11.9. The third kappa shape index (κ3) is 2.68. The van der Waals surface area contributed by atoms with E-state index in [1.165, 1.54) is 10.9 Å². The van der Waals surface area contributed by atoms with Gasteiger partial charge in [-0.2, -0.15) is 0 Å². The first-order valence-electron chi connectivity index (χ1n) is 5.11. The van der Waals surface area contributed by atoms with Gasteiger partial charge in [-0.15, -0.1) is 0 Å². The van der Waals surface area contributed by atoms with Gasteiger partial charge in [-0.25, -0.2) is 26.5 Å². The van der Waals surface area contributed by atoms with Gasteiger partial charge in [0.15, 0.2) is 9.84 Å². The monoisotopic (exact) mass is 313 g/mol. The Morgan fingerprint density at radius 3 is 2.67 bits per heavy atom. The van der Waals surface area contributed by atoms with Crippen LogP contribution in [0.1, 0.15) is 6.42 Å². The van der Waals surface area contributed by atoms with Gasteiger partial charge in [0, 0.05) is 13.1 Å². The third-order valence-corrected chi connectivity index (χ3v) is 6.42. The summed E-state index contributed by atoms with van der Waals surface area (Å²) in [5.41, 5.74) is 0. The maximum atomic E-state index is 12.0. The van der Waals surface area contributed by atoms with E-state index in [0.29, 0.717) is 0 Å². The number of imidazole rings is 1. The van der Waals surface area contributed by atoms with Gasteiger partial charge in [0.2, 0.25) is 5.03 Å². The molecule has 0 bridgehead atoms. The van der Waals surface area contributed by atoms with Gasteiger partial charge in [0.05, 0.1) is 17.8 Å². The van der Waals surface area contributed by atoms with Crippen molar-refractivity contribution in [2.75, 3.05) is 11.5 Å². The summed E-state index contributed by atoms with van der Waals surface area (Å²) in [5.74, 6) is -0.188. The lowest BCUT2D eigenvalue weighted by molar-refractivity contribution is 0.559. The molecule has 1 unspecified atom stereocenters. The molecule has 0 aliphatic carbocycles. The molecular weight excluding hydrogens is 302 g/mol. The molecule has 0 spiro atoms. The number of nitrogens with one attached hydrogen (secondary N) is 1. The zero-order valence-electron chi connectivity index (χ0n) is 9.50. The molecule has 7 nitrogen and oxygen atoms in total. The first-order valence-corrected chi connectivity index (χ1v) is 8.79. The molecule has 1 fully saturated rings. The van der Waals surface area contributed by atoms with Crippen LogP contribution in [0.4, 0.5) is 0 Å². The second-order valence-electron chi connectivity index (χ2n) is 4.17. The van der Waals surface area contributed by atoms with Crippen LogP contribution in [0.2, 0.25) is 5.15 Å². The molecule has 2 heterocycles. The molecule has 1 aromatic heterocycles. The van der Waals surface area contributed by atoms with Crippen molar-refractivity contribution in [3.05, 3.63) is 11.5 Å². The average Bonchev–Trinajstić information content (AvgIpc) is 2.71. The van der Waals surface area contributed by atoms with Crippen LogP contribution in [-0.2, 0) is 26.9 Å². The quantitative estimate of drug-likeness (QED) is 0.814. The van der Waals surface area contributed by atoms with E-state index < -0.39 is 25.9 Å². The van der Waals surface area contributed by atoms with Gasteiger partial charge in [0.1, 0.15) is 5.15 Å². The van der Waals surface area contributed by atoms with Crippen LogP contribution in [-0.4, -0.2) is 43.9 Å². The topological polar surface area (TPSA) is 98.1 Å². The molecule has 1 N–H and O–H groups in total. The van der Waals surface area contributed by atoms with Gasteiger partial charge in [-0.1, -0.05) is 11.6 Å². The van der Waals surface area contributed by atoms with Crippen molar-refractivity contribution < 1.29 is 16.8 Å². The van der Waals surface area contributed by atoms with Gasteiger partial charge in [-0.3, -0.25) is 0 Å². The highest BCUT2D eigenvalue weighted by Gasteiger charge is 2.33. The molecule has 1 saturated heterocycles. The second-order valence-corrected chi connectivity index (χ2v) is 8.39. The molecule has 1 atom stereocenters. The minimum absolute atomic E-state index is 0.00383. The van der Waals surface area contributed by atoms with Crippen LogP contribution in [0, 0.1) is 0 Å². The number of rotatable bonds is 3. The first kappa shape index (κ1) is 13.8. The van der Waals surface area contributed by atoms with Gasteiger partial charge < -0.3 is 4.57 Å². The van der Waals surface area contributed by atoms with Crippen LogP contribution in [0.15, 0.2) is 11.4 Å². The zero-order chi connectivity index (χ0) is 13.6. The van der Waals surface area contributed by atoms with Crippen molar-refractivity contribution in [2.45, 2.75) is 17.5 Å². The number of sulfonamides is 1. The fraction of sp³-hybridized carbons (Fsp3) is 0.625. The molecule has 102 valence electrons. The van der Waals surface area contributed by atoms with Gasteiger partial charge in [0.25, 0.3) is 10.0 Å². The lowest BCUT2D eigenvalue weighted by Gasteiger charge is -2.09. The van der Waals surface area contributed by atoms with Crippen molar-refractivity contribution in [1.29, 1.82) is 0 Å². The SMILES string of the molecule is Cn1cnc(S(=O)(=O)NC2CCS(=O)(=O)C2)c1Cl. The summed E-state index contributed by atoms with van der Waals surface area (Å²) in [4.78, 5) is 3.70. The normalized spacial score (nSPS) is 23.3. The molecule has 0 aromatic carbocycles. The smallest absolute Gasteiger partial charge is 0.261 e. The Kier molecular flexibility index (Phi) is 3.43. The third-order valence-electron chi connectivity index (χ3n) is 2.64. The summed E-state index contributed by atoms with van der Waals surface area (Å²) >= 11 is 5.80. The van der Waals surface area contributed by atoms with Crippen LogP contribution >= 0.6 is 11.6 Å². The Bertz CT molecular complexity index is 665. The van der Waals surface area contributed by atoms with Crippen LogP contribution < -0.4 is 4.72 Å². The molecule has 0 radical (unpaired) electrons. The number of aryl methyl sites for hydroxylation is 1. The van der Waals surface area contributed by atoms with Crippen molar-refractivity contribution in [3.8, 4) is 0 Å². The van der Waals surface area contributed by atoms with Crippen LogP contribution in [0.3, 0.4) is 0 Å². The largest absolute Gasteiger partial charge is 0.324 e. The summed E-state index contributed by atoms with van der Waals surface area (Å²) < 4.78 is 50.1. The average molecular weight is 314 g/mol. The highest BCUT2D eigenvalue weighted by molar-refractivity contribution is 7.92. The molecule has 1 aliphatic heterocycles. The molecule has 1 aliphatic rings. The summed E-state index contributed by atoms with van der Waals surface area (Å²) in [6, 6.07) is -0.613. The Morgan fingerprint density at radius 1 is 1.56 bits per heavy atom. The fourth-order valence-corrected chi connectivity index (χ4v) is 5.22. The standard InChI is InChI=1S/C8H12ClN3O4S2/c1-12-5-10-8(7(12)9)18(15,16)11-6-2-3-17(13,14)4-6/h5-6,11H,2-4H2,1H3. The Balaban J connectivity index is 2.21. The number of hydrogen-bond donors (Lipinski definition) is 1. The number of halogens is 1. The summed E-state index contributed by atoms with van der Waals surface area (Å²) in [6.07, 6.45) is 1.55. The van der Waals surface area contributed by atoms with Crippen molar-refractivity contribution in [2.24, 2.45) is 7.05 Å². The Morgan fingerprint density at radius 2 is 2.22 bits per heavy atom. The van der Waals surface area contributed by atoms with E-state index in [0.717, 1.165) is 0 Å². The lowest BCUT2D eigenvalue weighted by Crippen LogP contribution is -2.35. The maximum absolute atomic E-state index is 12.0. The molecule has 0 saturated carbocycles. The molecule has 2 rings (SSSR count). The predicted octanol–water partition coefficient (Wildman–Crippen LogP) is -0.461. The van der Waals surface area contributed by atoms with Crippen molar-refractivity contribution >= 4 is 31.5 Å². The Labute approximate surface area is 110 Å². The van der Waals surface area contributed by atoms with E-state index in [9.17, 15) is 16.8 Å². The van der Waals surface area contributed by atoms with Gasteiger partial charge in [-0.05, 0) is 6.42 Å². The summed E-state index contributed by atoms with van der Waals surface area (Å²) in [6.45, 7) is 0. The molecule has 18 heavy (non-hydrogen) atoms. The maximum Gasteiger partial charge on any atom is 0.261 e. The second kappa shape index (κ2) is 4.48. The van der Waals surface area contributed by atoms with E-state index in [4.69, 9.17) is 11.6 Å². The highest BCUT2D eigenvalue weighted by Crippen LogP contribution is 2.20. The molecular formula is C8H12ClN3O4S2. The summed E-state index contributed by atoms with van der Waals surface area (Å²) in [7, 11) is -5.46. The predicted molar refractivity (Wildman–Crippen MR) is 65.6 cm³/mol. The van der Waals surface area contributed by atoms with E-state index in [1.807, 2.05) is 0 Å². The van der Waals surface area contributed by atoms with Crippen molar-refractivity contribution in [1.82, 2.24) is 14.3 Å². The van der Waals surface area contributed by atoms with E-state index in [-0.39, 0.29) is 28.1 Å². The first-order chi connectivity index (χ1) is 8.21. The number of hydrogen-bond acceptors (Lipinski definition) is 5.